The molecular weight excluding hydrogens is 148 g/mol. The number of aliphatic hydroxyl groups excluding tert-OH is 2. The van der Waals surface area contributed by atoms with Gasteiger partial charge in [0.25, 0.3) is 0 Å². The van der Waals surface area contributed by atoms with Crippen molar-refractivity contribution in [3.8, 4) is 12.3 Å². The van der Waals surface area contributed by atoms with E-state index in [0.29, 0.717) is 0 Å². The fourth-order valence-corrected chi connectivity index (χ4v) is 0.568. The van der Waals surface area contributed by atoms with Crippen LogP contribution in [0.25, 0.3) is 0 Å². The highest BCUT2D eigenvalue weighted by Crippen LogP contribution is 2.19. The van der Waals surface area contributed by atoms with E-state index >= 15 is 0 Å². The van der Waals surface area contributed by atoms with Crippen LogP contribution in [0.4, 0.5) is 0 Å². The van der Waals surface area contributed by atoms with E-state index in [0.717, 1.165) is 0 Å². The van der Waals surface area contributed by atoms with Gasteiger partial charge in [0.2, 0.25) is 0 Å². The second-order valence-electron chi connectivity index (χ2n) is 2.28. The molecule has 4 heteroatoms. The van der Waals surface area contributed by atoms with Crippen molar-refractivity contribution in [2.75, 3.05) is 13.2 Å². The molecule has 62 valence electrons. The maximum absolute atomic E-state index is 10.5. The maximum atomic E-state index is 10.5. The fraction of sp³-hybridized carbons (Fsp3) is 0.571. The van der Waals surface area contributed by atoms with Gasteiger partial charge in [-0.05, 0) is 0 Å². The summed E-state index contributed by atoms with van der Waals surface area (Å²) in [5.74, 6) is 0.814. The van der Waals surface area contributed by atoms with Crippen LogP contribution >= 0.6 is 0 Å². The minimum Gasteiger partial charge on any atom is -0.481 e. The molecule has 3 N–H and O–H groups in total. The zero-order chi connectivity index (χ0) is 8.91. The first kappa shape index (κ1) is 9.95. The summed E-state index contributed by atoms with van der Waals surface area (Å²) in [5.41, 5.74) is -1.57. The maximum Gasteiger partial charge on any atom is 0.315 e. The Balaban J connectivity index is 4.49. The molecule has 0 saturated carbocycles. The van der Waals surface area contributed by atoms with E-state index in [1.165, 1.54) is 0 Å². The van der Waals surface area contributed by atoms with Crippen molar-refractivity contribution < 1.29 is 20.1 Å². The van der Waals surface area contributed by atoms with E-state index in [1.54, 1.807) is 0 Å². The Bertz CT molecular complexity index is 175. The molecule has 0 aromatic rings. The molecular formula is C7H10O4. The van der Waals surface area contributed by atoms with Gasteiger partial charge in [-0.3, -0.25) is 4.79 Å². The van der Waals surface area contributed by atoms with Crippen LogP contribution in [0.3, 0.4) is 0 Å². The third-order valence-corrected chi connectivity index (χ3v) is 1.50. The van der Waals surface area contributed by atoms with Crippen LogP contribution in [0, 0.1) is 17.8 Å². The summed E-state index contributed by atoms with van der Waals surface area (Å²) in [4.78, 5) is 10.5. The summed E-state index contributed by atoms with van der Waals surface area (Å²) in [6.07, 6.45) is 4.70. The van der Waals surface area contributed by atoms with Gasteiger partial charge in [-0.1, -0.05) is 0 Å². The van der Waals surface area contributed by atoms with Gasteiger partial charge >= 0.3 is 5.97 Å². The Morgan fingerprint density at radius 1 is 1.45 bits per heavy atom. The molecule has 0 rings (SSSR count). The number of terminal acetylenes is 1. The highest BCUT2D eigenvalue weighted by Gasteiger charge is 2.36. The second-order valence-corrected chi connectivity index (χ2v) is 2.28. The van der Waals surface area contributed by atoms with Gasteiger partial charge in [0, 0.05) is 6.42 Å². The van der Waals surface area contributed by atoms with Crippen LogP contribution in [0.15, 0.2) is 0 Å². The third kappa shape index (κ3) is 1.93. The molecule has 0 amide bonds. The summed E-state index contributed by atoms with van der Waals surface area (Å²) < 4.78 is 0. The second kappa shape index (κ2) is 3.96. The number of carboxylic acid groups (broad SMARTS) is 1. The Morgan fingerprint density at radius 2 is 1.91 bits per heavy atom. The molecule has 11 heavy (non-hydrogen) atoms. The minimum absolute atomic E-state index is 0.171. The quantitative estimate of drug-likeness (QED) is 0.462. The van der Waals surface area contributed by atoms with E-state index < -0.39 is 24.6 Å². The van der Waals surface area contributed by atoms with Crippen molar-refractivity contribution in [1.82, 2.24) is 0 Å². The first-order valence-corrected chi connectivity index (χ1v) is 3.01. The number of carbonyl (C=O) groups is 1. The topological polar surface area (TPSA) is 77.8 Å². The predicted molar refractivity (Wildman–Crippen MR) is 37.7 cm³/mol. The third-order valence-electron chi connectivity index (χ3n) is 1.50. The number of aliphatic carboxylic acids is 1. The molecule has 0 aromatic carbocycles. The average Bonchev–Trinajstić information content (AvgIpc) is 2.00. The van der Waals surface area contributed by atoms with Crippen LogP contribution < -0.4 is 0 Å². The van der Waals surface area contributed by atoms with Gasteiger partial charge in [0.05, 0.1) is 13.2 Å². The molecule has 0 heterocycles. The highest BCUT2D eigenvalue weighted by molar-refractivity contribution is 5.75. The summed E-state index contributed by atoms with van der Waals surface area (Å²) in [6, 6.07) is 0. The van der Waals surface area contributed by atoms with Crippen molar-refractivity contribution in [2.24, 2.45) is 5.41 Å². The van der Waals surface area contributed by atoms with Crippen LogP contribution in [-0.2, 0) is 4.79 Å². The van der Waals surface area contributed by atoms with Gasteiger partial charge in [0.1, 0.15) is 5.41 Å². The fourth-order valence-electron chi connectivity index (χ4n) is 0.568. The molecule has 0 spiro atoms. The monoisotopic (exact) mass is 158 g/mol. The normalized spacial score (nSPS) is 10.6. The lowest BCUT2D eigenvalue weighted by Gasteiger charge is -2.21. The zero-order valence-corrected chi connectivity index (χ0v) is 5.95. The van der Waals surface area contributed by atoms with Crippen LogP contribution in [0.1, 0.15) is 6.42 Å². The molecule has 4 nitrogen and oxygen atoms in total. The molecule has 0 saturated heterocycles. The SMILES string of the molecule is C#CCC(CO)(CO)C(=O)O. The van der Waals surface area contributed by atoms with Crippen molar-refractivity contribution in [3.05, 3.63) is 0 Å². The zero-order valence-electron chi connectivity index (χ0n) is 5.95. The van der Waals surface area contributed by atoms with Crippen LogP contribution in [-0.4, -0.2) is 34.5 Å². The van der Waals surface area contributed by atoms with Gasteiger partial charge in [0.15, 0.2) is 0 Å². The number of carboxylic acids is 1. The van der Waals surface area contributed by atoms with Crippen LogP contribution in [0.5, 0.6) is 0 Å². The van der Waals surface area contributed by atoms with E-state index in [2.05, 4.69) is 5.92 Å². The lowest BCUT2D eigenvalue weighted by Crippen LogP contribution is -2.38. The lowest BCUT2D eigenvalue weighted by molar-refractivity contribution is -0.154. The van der Waals surface area contributed by atoms with Crippen molar-refractivity contribution >= 4 is 5.97 Å². The molecule has 0 fully saturated rings. The molecule has 0 unspecified atom stereocenters. The number of rotatable bonds is 4. The molecule has 0 aliphatic heterocycles. The van der Waals surface area contributed by atoms with Crippen LogP contribution in [0.2, 0.25) is 0 Å². The van der Waals surface area contributed by atoms with Gasteiger partial charge < -0.3 is 15.3 Å². The Kier molecular flexibility index (Phi) is 3.58. The molecule has 0 aliphatic rings. The van der Waals surface area contributed by atoms with E-state index in [4.69, 9.17) is 21.7 Å². The van der Waals surface area contributed by atoms with Gasteiger partial charge in [-0.2, -0.15) is 0 Å². The molecule has 0 aliphatic carbocycles. The first-order chi connectivity index (χ1) is 5.13. The smallest absolute Gasteiger partial charge is 0.315 e. The number of hydrogen-bond donors (Lipinski definition) is 3. The molecule has 0 bridgehead atoms. The van der Waals surface area contributed by atoms with Crippen molar-refractivity contribution in [1.29, 1.82) is 0 Å². The predicted octanol–water partition coefficient (Wildman–Crippen LogP) is -0.935. The van der Waals surface area contributed by atoms with E-state index in [1.807, 2.05) is 0 Å². The molecule has 0 atom stereocenters. The van der Waals surface area contributed by atoms with Crippen molar-refractivity contribution in [2.45, 2.75) is 6.42 Å². The standard InChI is InChI=1S/C7H10O4/c1-2-3-7(4-8,5-9)6(10)11/h1,8-9H,3-5H2,(H,10,11). The first-order valence-electron chi connectivity index (χ1n) is 3.01. The Labute approximate surface area is 64.5 Å². The summed E-state index contributed by atoms with van der Waals surface area (Å²) in [6.45, 7) is -1.30. The average molecular weight is 158 g/mol. The van der Waals surface area contributed by atoms with E-state index in [9.17, 15) is 4.79 Å². The number of hydrogen-bond acceptors (Lipinski definition) is 3. The minimum atomic E-state index is -1.57. The van der Waals surface area contributed by atoms with E-state index in [-0.39, 0.29) is 6.42 Å². The summed E-state index contributed by atoms with van der Waals surface area (Å²) >= 11 is 0. The molecule has 0 radical (unpaired) electrons. The lowest BCUT2D eigenvalue weighted by atomic mass is 9.87. The summed E-state index contributed by atoms with van der Waals surface area (Å²) in [5, 5.41) is 25.8. The number of aliphatic hydroxyl groups is 2. The van der Waals surface area contributed by atoms with Gasteiger partial charge in [-0.15, -0.1) is 12.3 Å². The van der Waals surface area contributed by atoms with Gasteiger partial charge in [-0.25, -0.2) is 0 Å². The summed E-state index contributed by atoms with van der Waals surface area (Å²) in [7, 11) is 0. The molecule has 0 aromatic heterocycles. The Hall–Kier alpha value is -1.05. The largest absolute Gasteiger partial charge is 0.481 e. The Morgan fingerprint density at radius 3 is 2.00 bits per heavy atom. The van der Waals surface area contributed by atoms with Crippen molar-refractivity contribution in [3.63, 3.8) is 0 Å². The highest BCUT2D eigenvalue weighted by atomic mass is 16.4.